The van der Waals surface area contributed by atoms with Gasteiger partial charge in [0.1, 0.15) is 5.82 Å². The van der Waals surface area contributed by atoms with Crippen molar-refractivity contribution in [2.24, 2.45) is 0 Å². The van der Waals surface area contributed by atoms with E-state index in [0.717, 1.165) is 11.1 Å². The van der Waals surface area contributed by atoms with Crippen molar-refractivity contribution in [2.45, 2.75) is 25.7 Å². The van der Waals surface area contributed by atoms with Crippen LogP contribution in [0.2, 0.25) is 0 Å². The number of hydrogen-bond donors (Lipinski definition) is 2. The Morgan fingerprint density at radius 3 is 2.57 bits per heavy atom. The van der Waals surface area contributed by atoms with E-state index in [1.54, 1.807) is 13.2 Å². The Morgan fingerprint density at radius 2 is 1.91 bits per heavy atom. The van der Waals surface area contributed by atoms with Gasteiger partial charge in [0.2, 0.25) is 5.91 Å². The number of amides is 1. The van der Waals surface area contributed by atoms with Gasteiger partial charge in [0.15, 0.2) is 0 Å². The zero-order valence-electron chi connectivity index (χ0n) is 13.0. The molecule has 0 spiro atoms. The van der Waals surface area contributed by atoms with Crippen LogP contribution < -0.4 is 5.32 Å². The Balaban J connectivity index is 1.82. The third-order valence-electron chi connectivity index (χ3n) is 3.44. The molecule has 2 rings (SSSR count). The molecule has 2 aromatic rings. The SMILES string of the molecule is COCc1ccc(CNC(=O)CC(O)c2cccc(F)c2)cc1. The van der Waals surface area contributed by atoms with Crippen LogP contribution in [0.3, 0.4) is 0 Å². The minimum Gasteiger partial charge on any atom is -0.388 e. The molecule has 1 atom stereocenters. The zero-order valence-corrected chi connectivity index (χ0v) is 13.0. The number of methoxy groups -OCH3 is 1. The fraction of sp³-hybridized carbons (Fsp3) is 0.278. The van der Waals surface area contributed by atoms with Gasteiger partial charge in [0.25, 0.3) is 0 Å². The number of carbonyl (C=O) groups excluding carboxylic acids is 1. The largest absolute Gasteiger partial charge is 0.388 e. The maximum absolute atomic E-state index is 13.1. The second kappa shape index (κ2) is 8.41. The van der Waals surface area contributed by atoms with Gasteiger partial charge < -0.3 is 15.2 Å². The van der Waals surface area contributed by atoms with E-state index >= 15 is 0 Å². The summed E-state index contributed by atoms with van der Waals surface area (Å²) >= 11 is 0. The summed E-state index contributed by atoms with van der Waals surface area (Å²) in [6.45, 7) is 0.925. The van der Waals surface area contributed by atoms with Gasteiger partial charge >= 0.3 is 0 Å². The lowest BCUT2D eigenvalue weighted by Gasteiger charge is -2.11. The topological polar surface area (TPSA) is 58.6 Å². The quantitative estimate of drug-likeness (QED) is 0.825. The first-order valence-electron chi connectivity index (χ1n) is 7.35. The molecular weight excluding hydrogens is 297 g/mol. The number of aliphatic hydroxyl groups is 1. The summed E-state index contributed by atoms with van der Waals surface area (Å²) < 4.78 is 18.1. The molecule has 0 heterocycles. The summed E-state index contributed by atoms with van der Waals surface area (Å²) in [5, 5.41) is 12.7. The van der Waals surface area contributed by atoms with Gasteiger partial charge in [-0.2, -0.15) is 0 Å². The molecular formula is C18H20FNO3. The van der Waals surface area contributed by atoms with E-state index in [0.29, 0.717) is 18.7 Å². The first kappa shape index (κ1) is 17.1. The maximum atomic E-state index is 13.1. The summed E-state index contributed by atoms with van der Waals surface area (Å²) in [5.41, 5.74) is 2.41. The third kappa shape index (κ3) is 5.47. The van der Waals surface area contributed by atoms with Crippen molar-refractivity contribution >= 4 is 5.91 Å². The van der Waals surface area contributed by atoms with Crippen LogP contribution in [0, 0.1) is 5.82 Å². The predicted molar refractivity (Wildman–Crippen MR) is 85.0 cm³/mol. The molecule has 0 aliphatic rings. The molecule has 0 aromatic heterocycles. The number of rotatable bonds is 7. The fourth-order valence-electron chi connectivity index (χ4n) is 2.20. The highest BCUT2D eigenvalue weighted by Gasteiger charge is 2.13. The lowest BCUT2D eigenvalue weighted by atomic mass is 10.1. The summed E-state index contributed by atoms with van der Waals surface area (Å²) in [6.07, 6.45) is -1.12. The molecule has 0 aliphatic heterocycles. The van der Waals surface area contributed by atoms with Crippen LogP contribution in [0.5, 0.6) is 0 Å². The van der Waals surface area contributed by atoms with Gasteiger partial charge in [-0.1, -0.05) is 36.4 Å². The molecule has 23 heavy (non-hydrogen) atoms. The molecule has 1 unspecified atom stereocenters. The van der Waals surface area contributed by atoms with Gasteiger partial charge in [-0.25, -0.2) is 4.39 Å². The van der Waals surface area contributed by atoms with E-state index < -0.39 is 11.9 Å². The average Bonchev–Trinajstić information content (AvgIpc) is 2.54. The minimum atomic E-state index is -1.02. The Labute approximate surface area is 134 Å². The molecule has 0 radical (unpaired) electrons. The lowest BCUT2D eigenvalue weighted by molar-refractivity contribution is -0.123. The third-order valence-corrected chi connectivity index (χ3v) is 3.44. The van der Waals surface area contributed by atoms with E-state index in [-0.39, 0.29) is 12.3 Å². The van der Waals surface area contributed by atoms with Gasteiger partial charge in [-0.15, -0.1) is 0 Å². The second-order valence-electron chi connectivity index (χ2n) is 5.30. The van der Waals surface area contributed by atoms with E-state index in [2.05, 4.69) is 5.32 Å². The number of benzene rings is 2. The summed E-state index contributed by atoms with van der Waals surface area (Å²) in [4.78, 5) is 11.9. The van der Waals surface area contributed by atoms with Gasteiger partial charge in [-0.3, -0.25) is 4.79 Å². The molecule has 0 saturated heterocycles. The van der Waals surface area contributed by atoms with Crippen LogP contribution in [-0.2, 0) is 22.7 Å². The lowest BCUT2D eigenvalue weighted by Crippen LogP contribution is -2.24. The normalized spacial score (nSPS) is 12.0. The van der Waals surface area contributed by atoms with Crippen molar-refractivity contribution in [3.05, 3.63) is 71.0 Å². The zero-order chi connectivity index (χ0) is 16.7. The molecule has 1 amide bonds. The standard InChI is InChI=1S/C18H20FNO3/c1-23-12-14-7-5-13(6-8-14)11-20-18(22)10-17(21)15-3-2-4-16(19)9-15/h2-9,17,21H,10-12H2,1H3,(H,20,22). The first-order chi connectivity index (χ1) is 11.1. The first-order valence-corrected chi connectivity index (χ1v) is 7.35. The highest BCUT2D eigenvalue weighted by molar-refractivity contribution is 5.76. The van der Waals surface area contributed by atoms with Crippen molar-refractivity contribution < 1.29 is 19.0 Å². The van der Waals surface area contributed by atoms with Crippen LogP contribution in [0.15, 0.2) is 48.5 Å². The van der Waals surface area contributed by atoms with E-state index in [1.807, 2.05) is 24.3 Å². The summed E-state index contributed by atoms with van der Waals surface area (Å²) in [6, 6.07) is 13.3. The van der Waals surface area contributed by atoms with Crippen molar-refractivity contribution in [2.75, 3.05) is 7.11 Å². The van der Waals surface area contributed by atoms with Crippen molar-refractivity contribution in [3.8, 4) is 0 Å². The molecule has 5 heteroatoms. The molecule has 4 nitrogen and oxygen atoms in total. The molecule has 0 fully saturated rings. The van der Waals surface area contributed by atoms with Crippen LogP contribution >= 0.6 is 0 Å². The number of aliphatic hydroxyl groups excluding tert-OH is 1. The van der Waals surface area contributed by atoms with Crippen LogP contribution in [0.4, 0.5) is 4.39 Å². The molecule has 122 valence electrons. The van der Waals surface area contributed by atoms with E-state index in [4.69, 9.17) is 4.74 Å². The second-order valence-corrected chi connectivity index (χ2v) is 5.30. The fourth-order valence-corrected chi connectivity index (χ4v) is 2.20. The summed E-state index contributed by atoms with van der Waals surface area (Å²) in [7, 11) is 1.64. The van der Waals surface area contributed by atoms with Crippen molar-refractivity contribution in [3.63, 3.8) is 0 Å². The predicted octanol–water partition coefficient (Wildman–Crippen LogP) is 2.71. The van der Waals surface area contributed by atoms with Gasteiger partial charge in [0.05, 0.1) is 19.1 Å². The van der Waals surface area contributed by atoms with Crippen molar-refractivity contribution in [1.82, 2.24) is 5.32 Å². The smallest absolute Gasteiger partial charge is 0.223 e. The Bertz CT molecular complexity index is 643. The van der Waals surface area contributed by atoms with Crippen LogP contribution in [0.1, 0.15) is 29.2 Å². The van der Waals surface area contributed by atoms with Gasteiger partial charge in [-0.05, 0) is 28.8 Å². The Morgan fingerprint density at radius 1 is 1.22 bits per heavy atom. The van der Waals surface area contributed by atoms with Crippen LogP contribution in [0.25, 0.3) is 0 Å². The minimum absolute atomic E-state index is 0.106. The van der Waals surface area contributed by atoms with Gasteiger partial charge in [0, 0.05) is 13.7 Å². The monoisotopic (exact) mass is 317 g/mol. The highest BCUT2D eigenvalue weighted by atomic mass is 19.1. The Kier molecular flexibility index (Phi) is 6.26. The average molecular weight is 317 g/mol. The summed E-state index contributed by atoms with van der Waals surface area (Å²) in [5.74, 6) is -0.721. The number of hydrogen-bond acceptors (Lipinski definition) is 3. The van der Waals surface area contributed by atoms with E-state index in [1.165, 1.54) is 18.2 Å². The maximum Gasteiger partial charge on any atom is 0.223 e. The molecule has 2 N–H and O–H groups in total. The molecule has 0 bridgehead atoms. The number of nitrogens with one attached hydrogen (secondary N) is 1. The Hall–Kier alpha value is -2.24. The van der Waals surface area contributed by atoms with E-state index in [9.17, 15) is 14.3 Å². The highest BCUT2D eigenvalue weighted by Crippen LogP contribution is 2.17. The number of carbonyl (C=O) groups is 1. The molecule has 0 aliphatic carbocycles. The molecule has 2 aromatic carbocycles. The van der Waals surface area contributed by atoms with Crippen molar-refractivity contribution in [1.29, 1.82) is 0 Å². The number of halogens is 1. The molecule has 0 saturated carbocycles. The van der Waals surface area contributed by atoms with Crippen LogP contribution in [-0.4, -0.2) is 18.1 Å². The number of ether oxygens (including phenoxy) is 1.